The van der Waals surface area contributed by atoms with Gasteiger partial charge in [0, 0.05) is 11.1 Å². The van der Waals surface area contributed by atoms with Crippen molar-refractivity contribution in [1.29, 1.82) is 0 Å². The Hall–Kier alpha value is -3.14. The molecule has 0 unspecified atom stereocenters. The summed E-state index contributed by atoms with van der Waals surface area (Å²) < 4.78 is 0. The largest absolute Gasteiger partial charge is 0.276 e. The van der Waals surface area contributed by atoms with Gasteiger partial charge in [-0.15, -0.1) is 0 Å². The van der Waals surface area contributed by atoms with Gasteiger partial charge in [0.2, 0.25) is 0 Å². The molecule has 0 spiro atoms. The maximum Gasteiger partial charge on any atom is 0.0927 e. The summed E-state index contributed by atoms with van der Waals surface area (Å²) in [5.41, 5.74) is 8.39. The molecule has 0 aliphatic carbocycles. The van der Waals surface area contributed by atoms with E-state index in [-0.39, 0.29) is 0 Å². The van der Waals surface area contributed by atoms with Crippen molar-refractivity contribution in [3.05, 3.63) is 71.8 Å². The first kappa shape index (κ1) is 14.5. The second-order valence-corrected chi connectivity index (χ2v) is 6.07. The summed E-state index contributed by atoms with van der Waals surface area (Å²) in [5.74, 6) is 0. The highest BCUT2D eigenvalue weighted by molar-refractivity contribution is 5.70. The van der Waals surface area contributed by atoms with Crippen LogP contribution in [0.25, 0.3) is 33.9 Å². The van der Waals surface area contributed by atoms with E-state index in [0.29, 0.717) is 0 Å². The minimum absolute atomic E-state index is 0.927. The fourth-order valence-corrected chi connectivity index (χ4v) is 2.66. The highest BCUT2D eigenvalue weighted by Gasteiger charge is 2.09. The third-order valence-electron chi connectivity index (χ3n) is 4.14. The lowest BCUT2D eigenvalue weighted by Gasteiger charge is -1.96. The molecule has 0 saturated heterocycles. The van der Waals surface area contributed by atoms with Crippen LogP contribution in [0.3, 0.4) is 0 Å². The van der Waals surface area contributed by atoms with Gasteiger partial charge in [0.05, 0.1) is 22.8 Å². The molecule has 24 heavy (non-hydrogen) atoms. The highest BCUT2D eigenvalue weighted by Crippen LogP contribution is 2.26. The molecule has 4 nitrogen and oxygen atoms in total. The molecule has 2 N–H and O–H groups in total. The van der Waals surface area contributed by atoms with Gasteiger partial charge in [-0.3, -0.25) is 10.2 Å². The minimum atomic E-state index is 0.927. The molecule has 0 saturated carbocycles. The van der Waals surface area contributed by atoms with Crippen molar-refractivity contribution in [2.75, 3.05) is 0 Å². The summed E-state index contributed by atoms with van der Waals surface area (Å²) in [6.45, 7) is 4.16. The highest BCUT2D eigenvalue weighted by atomic mass is 15.2. The molecular formula is C20H18N4. The zero-order valence-electron chi connectivity index (χ0n) is 13.7. The van der Waals surface area contributed by atoms with Crippen LogP contribution in [-0.2, 0) is 0 Å². The van der Waals surface area contributed by atoms with E-state index in [4.69, 9.17) is 0 Å². The van der Waals surface area contributed by atoms with Gasteiger partial charge >= 0.3 is 0 Å². The van der Waals surface area contributed by atoms with Crippen molar-refractivity contribution in [1.82, 2.24) is 20.4 Å². The molecule has 0 aliphatic rings. The molecule has 4 heteroatoms. The van der Waals surface area contributed by atoms with Crippen molar-refractivity contribution in [3.63, 3.8) is 0 Å². The molecule has 0 bridgehead atoms. The van der Waals surface area contributed by atoms with Gasteiger partial charge in [-0.05, 0) is 26.0 Å². The first-order valence-electron chi connectivity index (χ1n) is 7.94. The first-order chi connectivity index (χ1) is 11.7. The Morgan fingerprint density at radius 1 is 0.583 bits per heavy atom. The van der Waals surface area contributed by atoms with Crippen LogP contribution in [0.2, 0.25) is 0 Å². The van der Waals surface area contributed by atoms with Crippen molar-refractivity contribution in [3.8, 4) is 33.9 Å². The Kier molecular flexibility index (Phi) is 3.50. The molecule has 118 valence electrons. The lowest BCUT2D eigenvalue weighted by molar-refractivity contribution is 1.06. The Morgan fingerprint density at radius 3 is 1.33 bits per heavy atom. The van der Waals surface area contributed by atoms with Gasteiger partial charge in [0.1, 0.15) is 0 Å². The summed E-state index contributed by atoms with van der Waals surface area (Å²) >= 11 is 0. The standard InChI is InChI=1S/C20H18N4/c1-13-3-7-15(8-4-13)17-11-19(23-21-17)20-12-18(22-24-20)16-9-5-14(2)6-10-16/h3-12H,1-2H3,(H,21,23)(H,22,24). The fraction of sp³-hybridized carbons (Fsp3) is 0.100. The van der Waals surface area contributed by atoms with E-state index in [1.165, 1.54) is 11.1 Å². The first-order valence-corrected chi connectivity index (χ1v) is 7.94. The summed E-state index contributed by atoms with van der Waals surface area (Å²) in [6, 6.07) is 20.8. The van der Waals surface area contributed by atoms with E-state index >= 15 is 0 Å². The molecule has 2 aromatic heterocycles. The number of hydrogen-bond donors (Lipinski definition) is 2. The fourth-order valence-electron chi connectivity index (χ4n) is 2.66. The second-order valence-electron chi connectivity index (χ2n) is 6.07. The maximum absolute atomic E-state index is 4.41. The number of rotatable bonds is 3. The van der Waals surface area contributed by atoms with Crippen molar-refractivity contribution >= 4 is 0 Å². The van der Waals surface area contributed by atoms with E-state index in [2.05, 4.69) is 82.8 Å². The lowest BCUT2D eigenvalue weighted by Crippen LogP contribution is -1.78. The number of nitrogens with zero attached hydrogens (tertiary/aromatic N) is 2. The molecule has 0 fully saturated rings. The number of aryl methyl sites for hydroxylation is 2. The Bertz CT molecular complexity index is 878. The van der Waals surface area contributed by atoms with Crippen LogP contribution in [0.5, 0.6) is 0 Å². The molecule has 0 aliphatic heterocycles. The molecule has 0 radical (unpaired) electrons. The average Bonchev–Trinajstić information content (AvgIpc) is 3.25. The quantitative estimate of drug-likeness (QED) is 0.573. The SMILES string of the molecule is Cc1ccc(-c2cc(-c3cc(-c4ccc(C)cc4)n[nH]3)[nH]n2)cc1. The van der Waals surface area contributed by atoms with E-state index in [9.17, 15) is 0 Å². The van der Waals surface area contributed by atoms with Crippen LogP contribution in [0.15, 0.2) is 60.7 Å². The number of hydrogen-bond acceptors (Lipinski definition) is 2. The summed E-state index contributed by atoms with van der Waals surface area (Å²) in [6.07, 6.45) is 0. The van der Waals surface area contributed by atoms with Crippen LogP contribution in [0, 0.1) is 13.8 Å². The maximum atomic E-state index is 4.41. The third kappa shape index (κ3) is 2.74. The van der Waals surface area contributed by atoms with E-state index < -0.39 is 0 Å². The monoisotopic (exact) mass is 314 g/mol. The molecule has 0 amide bonds. The third-order valence-corrected chi connectivity index (χ3v) is 4.14. The number of aromatic nitrogens is 4. The molecular weight excluding hydrogens is 296 g/mol. The number of nitrogens with one attached hydrogen (secondary N) is 2. The van der Waals surface area contributed by atoms with Crippen LogP contribution in [0.1, 0.15) is 11.1 Å². The summed E-state index contributed by atoms with van der Waals surface area (Å²) in [4.78, 5) is 0. The normalized spacial score (nSPS) is 10.9. The van der Waals surface area contributed by atoms with Crippen molar-refractivity contribution < 1.29 is 0 Å². The molecule has 2 aromatic carbocycles. The predicted molar refractivity (Wildman–Crippen MR) is 96.5 cm³/mol. The smallest absolute Gasteiger partial charge is 0.0927 e. The van der Waals surface area contributed by atoms with Crippen molar-refractivity contribution in [2.24, 2.45) is 0 Å². The zero-order chi connectivity index (χ0) is 16.5. The van der Waals surface area contributed by atoms with Crippen LogP contribution < -0.4 is 0 Å². The van der Waals surface area contributed by atoms with Gasteiger partial charge in [-0.25, -0.2) is 0 Å². The lowest BCUT2D eigenvalue weighted by atomic mass is 10.1. The summed E-state index contributed by atoms with van der Waals surface area (Å²) in [7, 11) is 0. The predicted octanol–water partition coefficient (Wildman–Crippen LogP) is 4.75. The Morgan fingerprint density at radius 2 is 0.958 bits per heavy atom. The van der Waals surface area contributed by atoms with Gasteiger partial charge in [-0.1, -0.05) is 59.7 Å². The Labute approximate surface area is 140 Å². The number of H-pyrrole nitrogens is 2. The van der Waals surface area contributed by atoms with Crippen LogP contribution in [0.4, 0.5) is 0 Å². The van der Waals surface area contributed by atoms with Gasteiger partial charge < -0.3 is 0 Å². The average molecular weight is 314 g/mol. The van der Waals surface area contributed by atoms with E-state index in [1.807, 2.05) is 12.1 Å². The van der Waals surface area contributed by atoms with Gasteiger partial charge in [-0.2, -0.15) is 10.2 Å². The molecule has 0 atom stereocenters. The second kappa shape index (κ2) is 5.81. The topological polar surface area (TPSA) is 57.4 Å². The number of benzene rings is 2. The van der Waals surface area contributed by atoms with Crippen LogP contribution in [-0.4, -0.2) is 20.4 Å². The Balaban J connectivity index is 1.63. The van der Waals surface area contributed by atoms with E-state index in [1.54, 1.807) is 0 Å². The molecule has 4 rings (SSSR count). The number of aromatic amines is 2. The van der Waals surface area contributed by atoms with Gasteiger partial charge in [0.15, 0.2) is 0 Å². The van der Waals surface area contributed by atoms with Crippen LogP contribution >= 0.6 is 0 Å². The molecule has 2 heterocycles. The zero-order valence-corrected chi connectivity index (χ0v) is 13.7. The molecule has 4 aromatic rings. The van der Waals surface area contributed by atoms with E-state index in [0.717, 1.165) is 33.9 Å². The minimum Gasteiger partial charge on any atom is -0.276 e. The van der Waals surface area contributed by atoms with Gasteiger partial charge in [0.25, 0.3) is 0 Å². The van der Waals surface area contributed by atoms with Crippen molar-refractivity contribution in [2.45, 2.75) is 13.8 Å². The summed E-state index contributed by atoms with van der Waals surface area (Å²) in [5, 5.41) is 15.0.